The lowest BCUT2D eigenvalue weighted by Gasteiger charge is -2.09. The van der Waals surface area contributed by atoms with E-state index < -0.39 is 6.10 Å². The predicted octanol–water partition coefficient (Wildman–Crippen LogP) is 2.62. The molecule has 1 amide bonds. The standard InChI is InChI=1S/C13H27NO2/c1-3-5-6-7-8-9-10-13(16)14-11-12(15)4-2/h12,15H,3-11H2,1-2H3,(H,14,16). The van der Waals surface area contributed by atoms with Crippen LogP contribution < -0.4 is 5.32 Å². The van der Waals surface area contributed by atoms with Gasteiger partial charge in [-0.1, -0.05) is 46.0 Å². The van der Waals surface area contributed by atoms with Gasteiger partial charge in [-0.05, 0) is 12.8 Å². The summed E-state index contributed by atoms with van der Waals surface area (Å²) < 4.78 is 0. The maximum atomic E-state index is 11.3. The summed E-state index contributed by atoms with van der Waals surface area (Å²) in [7, 11) is 0. The van der Waals surface area contributed by atoms with E-state index >= 15 is 0 Å². The summed E-state index contributed by atoms with van der Waals surface area (Å²) in [5.74, 6) is 0.0722. The Morgan fingerprint density at radius 3 is 2.38 bits per heavy atom. The fourth-order valence-corrected chi connectivity index (χ4v) is 1.53. The minimum absolute atomic E-state index is 0.0722. The summed E-state index contributed by atoms with van der Waals surface area (Å²) in [6, 6.07) is 0. The molecule has 0 radical (unpaired) electrons. The van der Waals surface area contributed by atoms with E-state index in [1.165, 1.54) is 25.7 Å². The molecule has 0 fully saturated rings. The minimum atomic E-state index is -0.395. The molecule has 0 saturated carbocycles. The van der Waals surface area contributed by atoms with Gasteiger partial charge >= 0.3 is 0 Å². The highest BCUT2D eigenvalue weighted by Crippen LogP contribution is 2.06. The zero-order valence-corrected chi connectivity index (χ0v) is 10.8. The Kier molecular flexibility index (Phi) is 10.5. The van der Waals surface area contributed by atoms with E-state index in [1.54, 1.807) is 0 Å². The molecule has 1 atom stereocenters. The first-order chi connectivity index (χ1) is 7.70. The monoisotopic (exact) mass is 229 g/mol. The molecule has 3 heteroatoms. The molecule has 0 aliphatic rings. The summed E-state index contributed by atoms with van der Waals surface area (Å²) in [6.07, 6.45) is 8.09. The van der Waals surface area contributed by atoms with Gasteiger partial charge in [0, 0.05) is 13.0 Å². The van der Waals surface area contributed by atoms with Crippen molar-refractivity contribution in [2.75, 3.05) is 6.54 Å². The lowest BCUT2D eigenvalue weighted by Crippen LogP contribution is -2.31. The molecule has 0 bridgehead atoms. The Hall–Kier alpha value is -0.570. The first-order valence-electron chi connectivity index (χ1n) is 6.65. The molecule has 0 aromatic heterocycles. The van der Waals surface area contributed by atoms with E-state index in [4.69, 9.17) is 0 Å². The number of aliphatic hydroxyl groups excluding tert-OH is 1. The maximum Gasteiger partial charge on any atom is 0.220 e. The normalized spacial score (nSPS) is 12.4. The van der Waals surface area contributed by atoms with Gasteiger partial charge in [0.2, 0.25) is 5.91 Å². The largest absolute Gasteiger partial charge is 0.391 e. The molecule has 0 aliphatic carbocycles. The van der Waals surface area contributed by atoms with Crippen LogP contribution in [0.25, 0.3) is 0 Å². The molecular weight excluding hydrogens is 202 g/mol. The van der Waals surface area contributed by atoms with Crippen LogP contribution in [0.15, 0.2) is 0 Å². The second-order valence-corrected chi connectivity index (χ2v) is 4.38. The number of carbonyl (C=O) groups is 1. The summed E-state index contributed by atoms with van der Waals surface area (Å²) in [6.45, 7) is 4.50. The van der Waals surface area contributed by atoms with Crippen molar-refractivity contribution in [1.29, 1.82) is 0 Å². The van der Waals surface area contributed by atoms with Crippen molar-refractivity contribution in [2.24, 2.45) is 0 Å². The zero-order valence-electron chi connectivity index (χ0n) is 10.8. The minimum Gasteiger partial charge on any atom is -0.391 e. The molecule has 2 N–H and O–H groups in total. The lowest BCUT2D eigenvalue weighted by atomic mass is 10.1. The maximum absolute atomic E-state index is 11.3. The Morgan fingerprint density at radius 1 is 1.12 bits per heavy atom. The van der Waals surface area contributed by atoms with E-state index in [1.807, 2.05) is 6.92 Å². The fourth-order valence-electron chi connectivity index (χ4n) is 1.53. The number of unbranched alkanes of at least 4 members (excludes halogenated alkanes) is 5. The van der Waals surface area contributed by atoms with E-state index in [0.717, 1.165) is 12.8 Å². The number of carbonyl (C=O) groups excluding carboxylic acids is 1. The van der Waals surface area contributed by atoms with Crippen LogP contribution in [0.3, 0.4) is 0 Å². The molecular formula is C13H27NO2. The summed E-state index contributed by atoms with van der Waals surface area (Å²) >= 11 is 0. The molecule has 0 aromatic carbocycles. The van der Waals surface area contributed by atoms with E-state index in [-0.39, 0.29) is 5.91 Å². The number of aliphatic hydroxyl groups is 1. The van der Waals surface area contributed by atoms with Gasteiger partial charge in [0.15, 0.2) is 0 Å². The van der Waals surface area contributed by atoms with Crippen molar-refractivity contribution >= 4 is 5.91 Å². The van der Waals surface area contributed by atoms with Crippen LogP contribution in [0.2, 0.25) is 0 Å². The Balaban J connectivity index is 3.24. The van der Waals surface area contributed by atoms with Crippen LogP contribution in [0.4, 0.5) is 0 Å². The number of nitrogens with one attached hydrogen (secondary N) is 1. The Labute approximate surface area is 99.6 Å². The van der Waals surface area contributed by atoms with Crippen molar-refractivity contribution in [1.82, 2.24) is 5.32 Å². The SMILES string of the molecule is CCCCCCCCC(=O)NCC(O)CC. The van der Waals surface area contributed by atoms with E-state index in [2.05, 4.69) is 12.2 Å². The average molecular weight is 229 g/mol. The first-order valence-corrected chi connectivity index (χ1v) is 6.65. The number of rotatable bonds is 10. The van der Waals surface area contributed by atoms with Crippen LogP contribution >= 0.6 is 0 Å². The third-order valence-electron chi connectivity index (χ3n) is 2.76. The highest BCUT2D eigenvalue weighted by Gasteiger charge is 2.04. The van der Waals surface area contributed by atoms with Gasteiger partial charge in [0.25, 0.3) is 0 Å². The van der Waals surface area contributed by atoms with Crippen molar-refractivity contribution in [3.8, 4) is 0 Å². The van der Waals surface area contributed by atoms with Gasteiger partial charge in [-0.3, -0.25) is 4.79 Å². The molecule has 0 aromatic rings. The molecule has 1 unspecified atom stereocenters. The summed E-state index contributed by atoms with van der Waals surface area (Å²) in [4.78, 5) is 11.3. The highest BCUT2D eigenvalue weighted by atomic mass is 16.3. The number of hydrogen-bond acceptors (Lipinski definition) is 2. The average Bonchev–Trinajstić information content (AvgIpc) is 2.30. The first kappa shape index (κ1) is 15.4. The van der Waals surface area contributed by atoms with Crippen LogP contribution in [0.5, 0.6) is 0 Å². The smallest absolute Gasteiger partial charge is 0.220 e. The highest BCUT2D eigenvalue weighted by molar-refractivity contribution is 5.75. The Morgan fingerprint density at radius 2 is 1.75 bits per heavy atom. The van der Waals surface area contributed by atoms with Gasteiger partial charge in [-0.15, -0.1) is 0 Å². The second kappa shape index (κ2) is 10.9. The van der Waals surface area contributed by atoms with Gasteiger partial charge in [0.05, 0.1) is 6.10 Å². The molecule has 0 spiro atoms. The zero-order chi connectivity index (χ0) is 12.2. The van der Waals surface area contributed by atoms with E-state index in [9.17, 15) is 9.90 Å². The van der Waals surface area contributed by atoms with Gasteiger partial charge < -0.3 is 10.4 Å². The number of hydrogen-bond donors (Lipinski definition) is 2. The lowest BCUT2D eigenvalue weighted by molar-refractivity contribution is -0.121. The fraction of sp³-hybridized carbons (Fsp3) is 0.923. The molecule has 0 saturated heterocycles. The molecule has 3 nitrogen and oxygen atoms in total. The Bertz CT molecular complexity index is 171. The molecule has 96 valence electrons. The van der Waals surface area contributed by atoms with E-state index in [0.29, 0.717) is 19.4 Å². The van der Waals surface area contributed by atoms with Crippen molar-refractivity contribution in [3.63, 3.8) is 0 Å². The van der Waals surface area contributed by atoms with Crippen LogP contribution in [0, 0.1) is 0 Å². The predicted molar refractivity (Wildman–Crippen MR) is 67.3 cm³/mol. The summed E-state index contributed by atoms with van der Waals surface area (Å²) in [5, 5.41) is 12.0. The van der Waals surface area contributed by atoms with Crippen molar-refractivity contribution in [3.05, 3.63) is 0 Å². The van der Waals surface area contributed by atoms with Gasteiger partial charge in [0.1, 0.15) is 0 Å². The van der Waals surface area contributed by atoms with Gasteiger partial charge in [-0.25, -0.2) is 0 Å². The molecule has 0 aliphatic heterocycles. The third kappa shape index (κ3) is 9.97. The molecule has 0 heterocycles. The van der Waals surface area contributed by atoms with Crippen LogP contribution in [0.1, 0.15) is 65.2 Å². The summed E-state index contributed by atoms with van der Waals surface area (Å²) in [5.41, 5.74) is 0. The van der Waals surface area contributed by atoms with Crippen LogP contribution in [-0.4, -0.2) is 23.7 Å². The quantitative estimate of drug-likeness (QED) is 0.566. The molecule has 16 heavy (non-hydrogen) atoms. The third-order valence-corrected chi connectivity index (χ3v) is 2.76. The second-order valence-electron chi connectivity index (χ2n) is 4.38. The number of amides is 1. The van der Waals surface area contributed by atoms with Crippen molar-refractivity contribution in [2.45, 2.75) is 71.3 Å². The topological polar surface area (TPSA) is 49.3 Å². The van der Waals surface area contributed by atoms with Gasteiger partial charge in [-0.2, -0.15) is 0 Å². The van der Waals surface area contributed by atoms with Crippen molar-refractivity contribution < 1.29 is 9.90 Å². The van der Waals surface area contributed by atoms with Crippen LogP contribution in [-0.2, 0) is 4.79 Å². The molecule has 0 rings (SSSR count).